The number of benzene rings is 1. The van der Waals surface area contributed by atoms with E-state index in [2.05, 4.69) is 48.0 Å². The van der Waals surface area contributed by atoms with Gasteiger partial charge < -0.3 is 4.74 Å². The monoisotopic (exact) mass is 324 g/mol. The zero-order valence-corrected chi connectivity index (χ0v) is 13.4. The predicted molar refractivity (Wildman–Crippen MR) is 80.1 cm³/mol. The molecule has 1 fully saturated rings. The van der Waals surface area contributed by atoms with E-state index in [4.69, 9.17) is 4.74 Å². The minimum Gasteiger partial charge on any atom is -0.469 e. The summed E-state index contributed by atoms with van der Waals surface area (Å²) in [6.45, 7) is 4.38. The number of ether oxygens (including phenoxy) is 1. The minimum absolute atomic E-state index is 0.0363. The summed E-state index contributed by atoms with van der Waals surface area (Å²) in [5.74, 6) is 1.16. The average Bonchev–Trinajstić information content (AvgIpc) is 3.18. The van der Waals surface area contributed by atoms with Crippen LogP contribution in [0.4, 0.5) is 0 Å². The first kappa shape index (κ1) is 14.6. The van der Waals surface area contributed by atoms with Crippen LogP contribution in [0.5, 0.6) is 0 Å². The van der Waals surface area contributed by atoms with Crippen LogP contribution in [0.2, 0.25) is 0 Å². The van der Waals surface area contributed by atoms with E-state index in [9.17, 15) is 4.79 Å². The maximum Gasteiger partial charge on any atom is 0.308 e. The largest absolute Gasteiger partial charge is 0.469 e. The van der Waals surface area contributed by atoms with Crippen LogP contribution in [0.3, 0.4) is 0 Å². The van der Waals surface area contributed by atoms with E-state index < -0.39 is 0 Å². The second-order valence-corrected chi connectivity index (χ2v) is 6.27. The van der Waals surface area contributed by atoms with Crippen molar-refractivity contribution in [2.45, 2.75) is 39.0 Å². The molecule has 3 heteroatoms. The van der Waals surface area contributed by atoms with Crippen molar-refractivity contribution >= 4 is 21.9 Å². The van der Waals surface area contributed by atoms with Gasteiger partial charge in [0.25, 0.3) is 0 Å². The van der Waals surface area contributed by atoms with E-state index in [1.807, 2.05) is 0 Å². The summed E-state index contributed by atoms with van der Waals surface area (Å²) >= 11 is 3.60. The molecule has 1 saturated carbocycles. The van der Waals surface area contributed by atoms with Gasteiger partial charge in [-0.15, -0.1) is 0 Å². The predicted octanol–water partition coefficient (Wildman–Crippen LogP) is 4.45. The second kappa shape index (κ2) is 6.08. The molecule has 1 aromatic carbocycles. The Morgan fingerprint density at radius 2 is 2.26 bits per heavy atom. The van der Waals surface area contributed by atoms with Gasteiger partial charge in [0.1, 0.15) is 0 Å². The summed E-state index contributed by atoms with van der Waals surface area (Å²) in [5, 5.41) is 0. The molecule has 0 heterocycles. The number of carbonyl (C=O) groups is 1. The number of rotatable bonds is 5. The molecule has 0 spiro atoms. The van der Waals surface area contributed by atoms with Crippen LogP contribution in [0.1, 0.15) is 43.2 Å². The van der Waals surface area contributed by atoms with Crippen LogP contribution < -0.4 is 0 Å². The Labute approximate surface area is 123 Å². The topological polar surface area (TPSA) is 26.3 Å². The van der Waals surface area contributed by atoms with Gasteiger partial charge >= 0.3 is 5.97 Å². The molecule has 19 heavy (non-hydrogen) atoms. The van der Waals surface area contributed by atoms with Crippen molar-refractivity contribution in [3.05, 3.63) is 33.8 Å². The van der Waals surface area contributed by atoms with E-state index in [0.717, 1.165) is 19.3 Å². The van der Waals surface area contributed by atoms with E-state index >= 15 is 0 Å². The van der Waals surface area contributed by atoms with Crippen molar-refractivity contribution in [1.29, 1.82) is 0 Å². The zero-order chi connectivity index (χ0) is 14.0. The Hall–Kier alpha value is -0.830. The van der Waals surface area contributed by atoms with Crippen molar-refractivity contribution in [3.63, 3.8) is 0 Å². The normalized spacial score (nSPS) is 22.9. The molecule has 2 rings (SSSR count). The quantitative estimate of drug-likeness (QED) is 0.748. The van der Waals surface area contributed by atoms with Gasteiger partial charge in [-0.05, 0) is 55.2 Å². The molecule has 0 saturated heterocycles. The number of halogens is 1. The first-order chi connectivity index (χ1) is 9.08. The van der Waals surface area contributed by atoms with Gasteiger partial charge in [-0.3, -0.25) is 4.79 Å². The van der Waals surface area contributed by atoms with E-state index in [0.29, 0.717) is 11.8 Å². The fourth-order valence-corrected chi connectivity index (χ4v) is 3.28. The van der Waals surface area contributed by atoms with E-state index in [1.165, 1.54) is 22.7 Å². The summed E-state index contributed by atoms with van der Waals surface area (Å²) in [4.78, 5) is 11.5. The van der Waals surface area contributed by atoms with Crippen LogP contribution in [-0.2, 0) is 9.53 Å². The number of carbonyl (C=O) groups excluding carboxylic acids is 1. The first-order valence-electron chi connectivity index (χ1n) is 6.91. The van der Waals surface area contributed by atoms with Crippen molar-refractivity contribution in [2.24, 2.45) is 11.8 Å². The third kappa shape index (κ3) is 3.19. The van der Waals surface area contributed by atoms with E-state index in [1.54, 1.807) is 0 Å². The van der Waals surface area contributed by atoms with Crippen molar-refractivity contribution in [3.8, 4) is 0 Å². The van der Waals surface area contributed by atoms with Crippen molar-refractivity contribution in [1.82, 2.24) is 0 Å². The minimum atomic E-state index is -0.0363. The fraction of sp³-hybridized carbons (Fsp3) is 0.562. The van der Waals surface area contributed by atoms with Crippen LogP contribution in [0, 0.1) is 18.8 Å². The van der Waals surface area contributed by atoms with Gasteiger partial charge in [0, 0.05) is 4.47 Å². The van der Waals surface area contributed by atoms with Crippen molar-refractivity contribution < 1.29 is 9.53 Å². The summed E-state index contributed by atoms with van der Waals surface area (Å²) in [7, 11) is 1.48. The van der Waals surface area contributed by atoms with Crippen LogP contribution in [0.15, 0.2) is 22.7 Å². The van der Waals surface area contributed by atoms with E-state index in [-0.39, 0.29) is 11.9 Å². The van der Waals surface area contributed by atoms with Crippen LogP contribution in [0.25, 0.3) is 0 Å². The number of hydrogen-bond donors (Lipinski definition) is 0. The summed E-state index contributed by atoms with van der Waals surface area (Å²) < 4.78 is 5.99. The van der Waals surface area contributed by atoms with Gasteiger partial charge in [0.05, 0.1) is 13.0 Å². The highest BCUT2D eigenvalue weighted by molar-refractivity contribution is 9.10. The third-order valence-electron chi connectivity index (χ3n) is 4.26. The summed E-state index contributed by atoms with van der Waals surface area (Å²) in [6, 6.07) is 6.39. The van der Waals surface area contributed by atoms with Gasteiger partial charge in [-0.1, -0.05) is 35.0 Å². The molecular formula is C16H21BrO2. The lowest BCUT2D eigenvalue weighted by Crippen LogP contribution is -2.07. The maximum absolute atomic E-state index is 11.5. The second-order valence-electron chi connectivity index (χ2n) is 5.42. The lowest BCUT2D eigenvalue weighted by atomic mass is 9.88. The first-order valence-corrected chi connectivity index (χ1v) is 7.70. The number of esters is 1. The van der Waals surface area contributed by atoms with Crippen LogP contribution >= 0.6 is 15.9 Å². The molecule has 0 N–H and O–H groups in total. The van der Waals surface area contributed by atoms with Crippen LogP contribution in [-0.4, -0.2) is 13.1 Å². The lowest BCUT2D eigenvalue weighted by Gasteiger charge is -2.18. The highest BCUT2D eigenvalue weighted by Gasteiger charge is 2.44. The standard InChI is InChI=1S/C16H21BrO2/c1-4-11(8-12-9-14(12)16(18)19-3)13-6-5-7-15(17)10(13)2/h5-7,11-12,14H,4,8-9H2,1-3H3. The van der Waals surface area contributed by atoms with Gasteiger partial charge in [-0.25, -0.2) is 0 Å². The molecule has 0 aromatic heterocycles. The molecule has 1 aromatic rings. The van der Waals surface area contributed by atoms with Crippen molar-refractivity contribution in [2.75, 3.05) is 7.11 Å². The lowest BCUT2D eigenvalue weighted by molar-refractivity contribution is -0.142. The Bertz CT molecular complexity index is 470. The summed E-state index contributed by atoms with van der Waals surface area (Å²) in [5.41, 5.74) is 2.73. The molecular weight excluding hydrogens is 304 g/mol. The molecule has 104 valence electrons. The third-order valence-corrected chi connectivity index (χ3v) is 5.12. The molecule has 0 amide bonds. The average molecular weight is 325 g/mol. The molecule has 0 radical (unpaired) electrons. The molecule has 0 aliphatic heterocycles. The Morgan fingerprint density at radius 3 is 2.89 bits per heavy atom. The number of methoxy groups -OCH3 is 1. The molecule has 2 nitrogen and oxygen atoms in total. The summed E-state index contributed by atoms with van der Waals surface area (Å²) in [6.07, 6.45) is 3.20. The molecule has 1 aliphatic rings. The highest BCUT2D eigenvalue weighted by atomic mass is 79.9. The molecule has 3 unspecified atom stereocenters. The smallest absolute Gasteiger partial charge is 0.308 e. The number of hydrogen-bond acceptors (Lipinski definition) is 2. The molecule has 3 atom stereocenters. The molecule has 0 bridgehead atoms. The Kier molecular flexibility index (Phi) is 4.67. The van der Waals surface area contributed by atoms with Gasteiger partial charge in [0.15, 0.2) is 0 Å². The Morgan fingerprint density at radius 1 is 1.53 bits per heavy atom. The van der Waals surface area contributed by atoms with Gasteiger partial charge in [0.2, 0.25) is 0 Å². The Balaban J connectivity index is 2.06. The fourth-order valence-electron chi connectivity index (χ4n) is 2.89. The molecule has 1 aliphatic carbocycles. The maximum atomic E-state index is 11.5. The SMILES string of the molecule is CCC(CC1CC1C(=O)OC)c1cccc(Br)c1C. The van der Waals surface area contributed by atoms with Gasteiger partial charge in [-0.2, -0.15) is 0 Å². The highest BCUT2D eigenvalue weighted by Crippen LogP contribution is 2.47. The zero-order valence-electron chi connectivity index (χ0n) is 11.8.